The van der Waals surface area contributed by atoms with Crippen molar-refractivity contribution < 1.29 is 38.4 Å². The van der Waals surface area contributed by atoms with Gasteiger partial charge in [0.15, 0.2) is 25.7 Å². The van der Waals surface area contributed by atoms with Crippen molar-refractivity contribution in [1.82, 2.24) is 0 Å². The summed E-state index contributed by atoms with van der Waals surface area (Å²) in [5, 5.41) is 0. The monoisotopic (exact) mass is 630 g/mol. The molecule has 5 nitrogen and oxygen atoms in total. The first-order valence-electron chi connectivity index (χ1n) is 12.6. The van der Waals surface area contributed by atoms with Crippen LogP contribution in [-0.4, -0.2) is 70.3 Å². The van der Waals surface area contributed by atoms with E-state index in [1.807, 2.05) is 26.2 Å². The first-order chi connectivity index (χ1) is 15.5. The first-order valence-corrected chi connectivity index (χ1v) is 30.1. The molecule has 0 heterocycles. The van der Waals surface area contributed by atoms with Crippen molar-refractivity contribution in [3.63, 3.8) is 0 Å². The molecule has 0 amide bonds. The van der Waals surface area contributed by atoms with Gasteiger partial charge in [-0.1, -0.05) is 0 Å². The summed E-state index contributed by atoms with van der Waals surface area (Å²) < 4.78 is 81.5. The Morgan fingerprint density at radius 3 is 1.25 bits per heavy atom. The van der Waals surface area contributed by atoms with E-state index in [1.54, 1.807) is 7.11 Å². The van der Waals surface area contributed by atoms with E-state index in [2.05, 4.69) is 52.4 Å². The molecule has 0 N–H and O–H groups in total. The van der Waals surface area contributed by atoms with Crippen molar-refractivity contribution in [3.8, 4) is 0 Å². The zero-order valence-corrected chi connectivity index (χ0v) is 31.6. The van der Waals surface area contributed by atoms with Gasteiger partial charge < -0.3 is 20.9 Å². The number of rotatable bonds is 15. The second-order valence-corrected chi connectivity index (χ2v) is 35.4. The van der Waals surface area contributed by atoms with E-state index in [0.717, 1.165) is 13.8 Å². The van der Waals surface area contributed by atoms with Crippen molar-refractivity contribution in [2.75, 3.05) is 7.11 Å². The number of hydrogen-bond donors (Lipinski definition) is 0. The van der Waals surface area contributed by atoms with Gasteiger partial charge in [0.05, 0.1) is 0 Å². The molecule has 0 saturated carbocycles. The maximum Gasteiger partial charge on any atom is 0.326 e. The van der Waals surface area contributed by atoms with Crippen LogP contribution >= 0.6 is 0 Å². The summed E-state index contributed by atoms with van der Waals surface area (Å²) >= 11 is 0. The average Bonchev–Trinajstić information content (AvgIpc) is 2.53. The Morgan fingerprint density at radius 1 is 0.611 bits per heavy atom. The van der Waals surface area contributed by atoms with Crippen LogP contribution in [0.3, 0.4) is 0 Å². The predicted molar refractivity (Wildman–Crippen MR) is 158 cm³/mol. The Morgan fingerprint density at radius 2 is 0.972 bits per heavy atom. The highest BCUT2D eigenvalue weighted by molar-refractivity contribution is 6.86. The molecule has 0 aliphatic carbocycles. The molecule has 0 aliphatic rings. The van der Waals surface area contributed by atoms with Gasteiger partial charge >= 0.3 is 25.7 Å². The normalized spacial score (nSPS) is 17.3. The summed E-state index contributed by atoms with van der Waals surface area (Å²) in [7, 11) is -10.5. The highest BCUT2D eigenvalue weighted by atomic mass is 28.5. The third-order valence-electron chi connectivity index (χ3n) is 4.49. The van der Waals surface area contributed by atoms with Gasteiger partial charge in [0, 0.05) is 20.0 Å². The van der Waals surface area contributed by atoms with E-state index in [9.17, 15) is 17.6 Å². The molecule has 0 radical (unpaired) electrons. The van der Waals surface area contributed by atoms with E-state index >= 15 is 0 Å². The van der Waals surface area contributed by atoms with Crippen molar-refractivity contribution in [3.05, 3.63) is 0 Å². The van der Waals surface area contributed by atoms with Crippen LogP contribution in [-0.2, 0) is 20.9 Å². The minimum Gasteiger partial charge on any atom is -0.439 e. The Balaban J connectivity index is 0. The van der Waals surface area contributed by atoms with E-state index in [4.69, 9.17) is 20.9 Å². The second-order valence-electron chi connectivity index (χ2n) is 12.7. The van der Waals surface area contributed by atoms with Crippen LogP contribution in [0.25, 0.3) is 0 Å². The lowest BCUT2D eigenvalue weighted by atomic mass is 10.3. The fourth-order valence-electron chi connectivity index (χ4n) is 3.65. The number of halogens is 4. The molecule has 0 aliphatic heterocycles. The zero-order valence-electron chi connectivity index (χ0n) is 25.5. The van der Waals surface area contributed by atoms with Gasteiger partial charge in [-0.25, -0.2) is 17.6 Å². The van der Waals surface area contributed by atoms with Crippen LogP contribution in [0.5, 0.6) is 0 Å². The average molecular weight is 631 g/mol. The maximum atomic E-state index is 13.0. The summed E-state index contributed by atoms with van der Waals surface area (Å²) in [6, 6.07) is 0.657. The van der Waals surface area contributed by atoms with Gasteiger partial charge in [-0.3, -0.25) is 0 Å². The third-order valence-corrected chi connectivity index (χ3v) is 23.8. The SMILES string of the molecule is CO[Si](C)(CCC(C)(F)F)O[Si](C)(C)O[Si](C)(C)C.C[SiH](C)O[Si](C)(CCC(C)(F)F)O[Si](C)(C)C. The largest absolute Gasteiger partial charge is 0.439 e. The van der Waals surface area contributed by atoms with Crippen molar-refractivity contribution >= 4 is 51.4 Å². The topological polar surface area (TPSA) is 46.2 Å². The predicted octanol–water partition coefficient (Wildman–Crippen LogP) is 8.28. The van der Waals surface area contributed by atoms with Gasteiger partial charge in [-0.2, -0.15) is 0 Å². The number of hydrogen-bond acceptors (Lipinski definition) is 5. The molecule has 220 valence electrons. The lowest BCUT2D eigenvalue weighted by Crippen LogP contribution is -2.53. The third kappa shape index (κ3) is 23.9. The smallest absolute Gasteiger partial charge is 0.326 e. The van der Waals surface area contributed by atoms with Gasteiger partial charge in [-0.15, -0.1) is 0 Å². The van der Waals surface area contributed by atoms with Gasteiger partial charge in [0.25, 0.3) is 0 Å². The molecule has 0 bridgehead atoms. The molecule has 0 saturated heterocycles. The molecule has 0 aromatic carbocycles. The molecule has 2 unspecified atom stereocenters. The van der Waals surface area contributed by atoms with Gasteiger partial charge in [-0.05, 0) is 104 Å². The van der Waals surface area contributed by atoms with E-state index in [1.165, 1.54) is 0 Å². The maximum absolute atomic E-state index is 13.0. The molecule has 36 heavy (non-hydrogen) atoms. The Labute approximate surface area is 225 Å². The van der Waals surface area contributed by atoms with Crippen LogP contribution < -0.4 is 0 Å². The summed E-state index contributed by atoms with van der Waals surface area (Å²) in [6.45, 7) is 26.2. The van der Waals surface area contributed by atoms with Crippen LogP contribution in [0.15, 0.2) is 0 Å². The molecule has 2 atom stereocenters. The molecule has 0 aromatic heterocycles. The quantitative estimate of drug-likeness (QED) is 0.135. The van der Waals surface area contributed by atoms with Crippen molar-refractivity contribution in [2.24, 2.45) is 0 Å². The van der Waals surface area contributed by atoms with Crippen molar-refractivity contribution in [1.29, 1.82) is 0 Å². The Hall–Kier alpha value is 0.821. The number of alkyl halides is 4. The molecule has 0 spiro atoms. The van der Waals surface area contributed by atoms with Gasteiger partial charge in [0.1, 0.15) is 0 Å². The second kappa shape index (κ2) is 14.5. The minimum absolute atomic E-state index is 0.138. The summed E-state index contributed by atoms with van der Waals surface area (Å²) in [5.74, 6) is -5.31. The van der Waals surface area contributed by atoms with E-state index in [-0.39, 0.29) is 18.9 Å². The summed E-state index contributed by atoms with van der Waals surface area (Å²) in [4.78, 5) is 0. The Kier molecular flexibility index (Phi) is 15.6. The Bertz CT molecular complexity index is 636. The fraction of sp³-hybridized carbons (Fsp3) is 1.00. The first kappa shape index (κ1) is 39.0. The fourth-order valence-corrected chi connectivity index (χ4v) is 27.7. The van der Waals surface area contributed by atoms with E-state index in [0.29, 0.717) is 6.04 Å². The molecular weight excluding hydrogens is 577 g/mol. The molecule has 0 rings (SSSR count). The minimum atomic E-state index is -2.68. The highest BCUT2D eigenvalue weighted by Crippen LogP contribution is 2.30. The van der Waals surface area contributed by atoms with Crippen LogP contribution in [0.4, 0.5) is 17.6 Å². The van der Waals surface area contributed by atoms with Crippen LogP contribution in [0.2, 0.25) is 90.7 Å². The molecule has 0 aromatic rings. The lowest BCUT2D eigenvalue weighted by molar-refractivity contribution is 0.0153. The summed E-state index contributed by atoms with van der Waals surface area (Å²) in [6.07, 6.45) is -0.345. The zero-order chi connectivity index (χ0) is 29.4. The lowest BCUT2D eigenvalue weighted by Gasteiger charge is -2.38. The van der Waals surface area contributed by atoms with Crippen molar-refractivity contribution in [2.45, 2.75) is 129 Å². The van der Waals surface area contributed by atoms with Gasteiger partial charge in [0.2, 0.25) is 11.8 Å². The molecule has 0 fully saturated rings. The molecular formula is C21H54F4O5Si6. The van der Waals surface area contributed by atoms with Crippen LogP contribution in [0.1, 0.15) is 26.7 Å². The van der Waals surface area contributed by atoms with Crippen LogP contribution in [0, 0.1) is 0 Å². The highest BCUT2D eigenvalue weighted by Gasteiger charge is 2.43. The van der Waals surface area contributed by atoms with E-state index < -0.39 is 63.2 Å². The summed E-state index contributed by atoms with van der Waals surface area (Å²) in [5.41, 5.74) is 0. The molecule has 15 heteroatoms. The standard InChI is InChI=1S/C11H28F2O3Si3.C10H26F2O2Si3/c1-11(12,13)9-10-19(8,14-2)16-18(6,7)15-17(3,4)5;1-10(11,12)8-9-17(7,13-15(2)3)14-16(4,5)6/h9-10H2,1-8H3;15H,8-9H2,1-7H3.